The van der Waals surface area contributed by atoms with E-state index in [2.05, 4.69) is 0 Å². The number of hydrogen-bond donors (Lipinski definition) is 25. The number of carbonyl (C=O) groups excluding carboxylic acids is 8. The van der Waals surface area contributed by atoms with Gasteiger partial charge in [-0.15, -0.1) is 0 Å². The molecule has 0 spiro atoms. The smallest absolute Gasteiger partial charge is 0.344 e. The summed E-state index contributed by atoms with van der Waals surface area (Å²) >= 11 is 0. The highest BCUT2D eigenvalue weighted by Crippen LogP contribution is 2.58. The predicted octanol–water partition coefficient (Wildman–Crippen LogP) is 1.75. The molecule has 0 amide bonds. The lowest BCUT2D eigenvalue weighted by Crippen LogP contribution is -2.63. The quantitative estimate of drug-likeness (QED) is 0.0614. The van der Waals surface area contributed by atoms with Gasteiger partial charge in [0.2, 0.25) is 76.5 Å². The number of phenols is 23. The van der Waals surface area contributed by atoms with Crippen LogP contribution in [-0.2, 0) is 47.4 Å². The van der Waals surface area contributed by atoms with Crippen LogP contribution in [0, 0.1) is 0 Å². The molecule has 2 saturated heterocycles. The molecule has 2 fully saturated rings. The maximum absolute atomic E-state index is 14.9. The molecule has 8 aromatic carbocycles. The van der Waals surface area contributed by atoms with Gasteiger partial charge in [0.25, 0.3) is 0 Å². The lowest BCUT2D eigenvalue weighted by Gasteiger charge is -2.44. The number of aliphatic hydroxyl groups is 2. The highest BCUT2D eigenvalue weighted by molar-refractivity contribution is 6.12. The fourth-order valence-corrected chi connectivity index (χ4v) is 12.5. The molecule has 0 bridgehead atoms. The van der Waals surface area contributed by atoms with Crippen LogP contribution in [0.15, 0.2) is 54.6 Å². The van der Waals surface area contributed by atoms with Gasteiger partial charge in [-0.2, -0.15) is 0 Å². The van der Waals surface area contributed by atoms with Crippen LogP contribution < -0.4 is 4.74 Å². The first-order valence-electron chi connectivity index (χ1n) is 31.2. The number of aromatic hydroxyl groups is 23. The molecule has 112 heavy (non-hydrogen) atoms. The van der Waals surface area contributed by atoms with E-state index in [0.29, 0.717) is 42.5 Å². The highest BCUT2D eigenvalue weighted by Gasteiger charge is 2.58. The molecule has 0 radical (unpaired) electrons. The largest absolute Gasteiger partial charge is 0.504 e. The first-order chi connectivity index (χ1) is 52.8. The second kappa shape index (κ2) is 27.1. The average molecular weight is 1570 g/mol. The van der Waals surface area contributed by atoms with E-state index in [0.717, 1.165) is 0 Å². The normalized spacial score (nSPS) is 21.2. The molecule has 8 aromatic rings. The third-order valence-corrected chi connectivity index (χ3v) is 18.0. The molecule has 0 aliphatic carbocycles. The van der Waals surface area contributed by atoms with Gasteiger partial charge in [-0.25, -0.2) is 38.4 Å². The van der Waals surface area contributed by atoms with E-state index in [1.54, 1.807) is 0 Å². The number of esters is 8. The molecule has 10 atom stereocenters. The zero-order valence-corrected chi connectivity index (χ0v) is 54.8. The Morgan fingerprint density at radius 2 is 0.652 bits per heavy atom. The summed E-state index contributed by atoms with van der Waals surface area (Å²) in [6.45, 7) is -2.76. The van der Waals surface area contributed by atoms with Gasteiger partial charge in [0, 0.05) is 39.4 Å². The molecule has 25 N–H and O–H groups in total. The van der Waals surface area contributed by atoms with Crippen molar-refractivity contribution in [3.05, 3.63) is 99.1 Å². The number of carbonyl (C=O) groups is 8. The van der Waals surface area contributed by atoms with Crippen LogP contribution >= 0.6 is 0 Å². The van der Waals surface area contributed by atoms with E-state index >= 15 is 0 Å². The molecule has 5 aliphatic heterocycles. The number of aliphatic hydroxyl groups excluding tert-OH is 2. The standard InChI is InChI=1S/C68H48O44/c69-10-29-46(86)55-57(109-64(99)17-7-25(75)43(83)51(91)35(17)33-15(62(97)107-55)5-23(73)41(81)49(33)89)67(104-29)111-59(94)12-1-20(70)38(78)27(2-12)103-28-9-19(37(77)53(93)45(28)85)66(101)112-68-58-56(108-63(98)16-6-24(74)42(82)50(90)34(16)36-18(65(100)110-58)8-26(76)44(84)52(36)92)54-30(105-68)11-102-60(95)13-3-21(71)39(79)47(87)31(13)32-14(61(96)106-54)4-22(72)40(80)48(32)88/h1-9,29-30,46,54-58,67-93H,10-11H2/t29-,30-,46-,54-,55+,56+,57-,58-,67-,68-/m1/s1. The first kappa shape index (κ1) is 74.8. The summed E-state index contributed by atoms with van der Waals surface area (Å²) in [5, 5.41) is 273. The summed E-state index contributed by atoms with van der Waals surface area (Å²) in [5.74, 6) is -52.0. The lowest BCUT2D eigenvalue weighted by atomic mass is 9.91. The van der Waals surface area contributed by atoms with Crippen LogP contribution in [0.5, 0.6) is 144 Å². The van der Waals surface area contributed by atoms with Crippen molar-refractivity contribution in [1.29, 1.82) is 0 Å². The monoisotopic (exact) mass is 1570 g/mol. The number of ether oxygens (including phenoxy) is 11. The van der Waals surface area contributed by atoms with Crippen LogP contribution in [0.3, 0.4) is 0 Å². The molecule has 13 rings (SSSR count). The minimum Gasteiger partial charge on any atom is -0.504 e. The Labute approximate surface area is 614 Å². The Morgan fingerprint density at radius 1 is 0.330 bits per heavy atom. The Hall–Kier alpha value is -15.4. The molecular weight excluding hydrogens is 1520 g/mol. The topological polar surface area (TPSA) is 744 Å². The fourth-order valence-electron chi connectivity index (χ4n) is 12.5. The third-order valence-electron chi connectivity index (χ3n) is 18.0. The minimum absolute atomic E-state index is 0.223. The van der Waals surface area contributed by atoms with E-state index in [4.69, 9.17) is 52.1 Å². The van der Waals surface area contributed by atoms with Crippen molar-refractivity contribution in [3.63, 3.8) is 0 Å². The Bertz CT molecular complexity index is 5510. The van der Waals surface area contributed by atoms with Crippen LogP contribution in [0.2, 0.25) is 0 Å². The Balaban J connectivity index is 0.875. The van der Waals surface area contributed by atoms with Crippen molar-refractivity contribution in [2.24, 2.45) is 0 Å². The number of benzene rings is 8. The van der Waals surface area contributed by atoms with Gasteiger partial charge in [0.1, 0.15) is 30.5 Å². The van der Waals surface area contributed by atoms with E-state index in [9.17, 15) is 166 Å². The van der Waals surface area contributed by atoms with Crippen LogP contribution in [0.25, 0.3) is 33.4 Å². The summed E-state index contributed by atoms with van der Waals surface area (Å²) in [6.07, 6.45) is -25.6. The lowest BCUT2D eigenvalue weighted by molar-refractivity contribution is -0.283. The summed E-state index contributed by atoms with van der Waals surface area (Å²) in [6, 6.07) is 3.10. The van der Waals surface area contributed by atoms with Crippen molar-refractivity contribution in [3.8, 4) is 177 Å². The molecule has 44 heteroatoms. The minimum atomic E-state index is -2.95. The second-order valence-electron chi connectivity index (χ2n) is 24.5. The van der Waals surface area contributed by atoms with E-state index in [-0.39, 0.29) is 12.1 Å². The van der Waals surface area contributed by atoms with Gasteiger partial charge < -0.3 is 180 Å². The van der Waals surface area contributed by atoms with Crippen molar-refractivity contribution >= 4 is 47.8 Å². The van der Waals surface area contributed by atoms with Crippen LogP contribution in [0.1, 0.15) is 82.9 Å². The Kier molecular flexibility index (Phi) is 18.1. The van der Waals surface area contributed by atoms with Gasteiger partial charge in [-0.3, -0.25) is 0 Å². The van der Waals surface area contributed by atoms with Gasteiger partial charge in [0.05, 0.1) is 45.6 Å². The van der Waals surface area contributed by atoms with Crippen molar-refractivity contribution < 1.29 is 218 Å². The number of fused-ring (bicyclic) bond motifs is 13. The third kappa shape index (κ3) is 11.9. The van der Waals surface area contributed by atoms with E-state index < -0.39 is 344 Å². The fraction of sp³-hybridized carbons (Fsp3) is 0.176. The van der Waals surface area contributed by atoms with Crippen LogP contribution in [-0.4, -0.2) is 250 Å². The molecule has 5 heterocycles. The number of cyclic esters (lactones) is 1. The Morgan fingerprint density at radius 3 is 1.04 bits per heavy atom. The number of hydrogen-bond acceptors (Lipinski definition) is 44. The maximum Gasteiger partial charge on any atom is 0.344 e. The van der Waals surface area contributed by atoms with Crippen molar-refractivity contribution in [1.82, 2.24) is 0 Å². The molecule has 0 aromatic heterocycles. The number of phenolic OH excluding ortho intramolecular Hbond substituents is 23. The molecule has 0 saturated carbocycles. The van der Waals surface area contributed by atoms with Gasteiger partial charge in [0.15, 0.2) is 110 Å². The van der Waals surface area contributed by atoms with Gasteiger partial charge >= 0.3 is 47.8 Å². The summed E-state index contributed by atoms with van der Waals surface area (Å²) in [7, 11) is 0. The molecular formula is C68H48O44. The maximum atomic E-state index is 14.9. The molecule has 5 aliphatic rings. The van der Waals surface area contributed by atoms with Crippen molar-refractivity contribution in [2.45, 2.75) is 61.4 Å². The summed E-state index contributed by atoms with van der Waals surface area (Å²) in [5.41, 5.74) is -16.7. The first-order valence-corrected chi connectivity index (χ1v) is 31.2. The second-order valence-corrected chi connectivity index (χ2v) is 24.5. The zero-order valence-electron chi connectivity index (χ0n) is 54.8. The molecule has 44 nitrogen and oxygen atoms in total. The van der Waals surface area contributed by atoms with Gasteiger partial charge in [-0.1, -0.05) is 0 Å². The van der Waals surface area contributed by atoms with E-state index in [1.165, 1.54) is 0 Å². The van der Waals surface area contributed by atoms with Crippen LogP contribution in [0.4, 0.5) is 0 Å². The van der Waals surface area contributed by atoms with Gasteiger partial charge in [-0.05, 0) is 48.5 Å². The number of rotatable bonds is 7. The predicted molar refractivity (Wildman–Crippen MR) is 344 cm³/mol. The summed E-state index contributed by atoms with van der Waals surface area (Å²) < 4.78 is 61.6. The molecule has 0 unspecified atom stereocenters. The average Bonchev–Trinajstić information content (AvgIpc) is 1.66. The van der Waals surface area contributed by atoms with Crippen molar-refractivity contribution in [2.75, 3.05) is 13.2 Å². The highest BCUT2D eigenvalue weighted by atomic mass is 16.8. The summed E-state index contributed by atoms with van der Waals surface area (Å²) in [4.78, 5) is 116. The molecule has 584 valence electrons. The van der Waals surface area contributed by atoms with E-state index in [1.807, 2.05) is 0 Å². The SMILES string of the molecule is O=C(O[C@H]1O[C@H](CO)[C@@H](O)[C@@H]2OC(=O)c3cc(O)c(O)c(O)c3-c3c(cc(O)c(O)c3O)C(=O)O[C@@H]12)c1cc(O)c(O)c(Oc2cc(C(=O)O[C@H]3O[C@@H]4COC(=O)c5cc(O)c(O)c(O)c5-c5c(cc(O)c(O)c5O)C(=O)O[C@H]4[C@@H]4OC(=O)c5cc(O)c(O)c(O)c5-c5c(cc(O)c(O)c5O)C(=O)O[C@@H]34)c(O)c(O)c2O)c1. The zero-order chi connectivity index (χ0) is 81.5.